The Hall–Kier alpha value is -2.61. The van der Waals surface area contributed by atoms with E-state index in [1.54, 1.807) is 34.1 Å². The molecule has 0 bridgehead atoms. The highest BCUT2D eigenvalue weighted by Crippen LogP contribution is 2.09. The first-order valence-corrected chi connectivity index (χ1v) is 8.32. The summed E-state index contributed by atoms with van der Waals surface area (Å²) in [7, 11) is 0. The number of nitrogens with zero attached hydrogens (tertiary/aromatic N) is 3. The molecular weight excluding hydrogens is 324 g/mol. The summed E-state index contributed by atoms with van der Waals surface area (Å²) in [4.78, 5) is 31.3. The smallest absolute Gasteiger partial charge is 0.303 e. The van der Waals surface area contributed by atoms with Crippen molar-refractivity contribution in [1.82, 2.24) is 15.1 Å². The average molecular weight is 348 g/mol. The second kappa shape index (κ2) is 9.63. The van der Waals surface area contributed by atoms with Crippen LogP contribution in [0.5, 0.6) is 0 Å². The third kappa shape index (κ3) is 5.75. The number of benzene rings is 1. The van der Waals surface area contributed by atoms with Gasteiger partial charge in [-0.2, -0.15) is 0 Å². The SMILES string of the molecule is O=C(O)CCCN(CN(CCO)C1=NCCN1)C(=O)c1ccccc1. The lowest BCUT2D eigenvalue weighted by molar-refractivity contribution is -0.137. The van der Waals surface area contributed by atoms with Crippen LogP contribution in [0.15, 0.2) is 35.3 Å². The Kier molecular flexibility index (Phi) is 7.21. The van der Waals surface area contributed by atoms with Crippen molar-refractivity contribution in [2.24, 2.45) is 4.99 Å². The Morgan fingerprint density at radius 1 is 1.20 bits per heavy atom. The summed E-state index contributed by atoms with van der Waals surface area (Å²) in [5.74, 6) is -0.410. The molecule has 0 atom stereocenters. The molecule has 0 radical (unpaired) electrons. The van der Waals surface area contributed by atoms with Crippen molar-refractivity contribution in [2.75, 3.05) is 39.5 Å². The fourth-order valence-electron chi connectivity index (χ4n) is 2.59. The van der Waals surface area contributed by atoms with E-state index >= 15 is 0 Å². The molecule has 8 nitrogen and oxygen atoms in total. The highest BCUT2D eigenvalue weighted by Gasteiger charge is 2.22. The lowest BCUT2D eigenvalue weighted by atomic mass is 10.2. The Balaban J connectivity index is 2.11. The van der Waals surface area contributed by atoms with Crippen LogP contribution in [0.1, 0.15) is 23.2 Å². The molecule has 1 heterocycles. The van der Waals surface area contributed by atoms with Gasteiger partial charge in [0, 0.05) is 31.6 Å². The van der Waals surface area contributed by atoms with E-state index in [0.717, 1.165) is 6.54 Å². The number of aliphatic hydroxyl groups is 1. The van der Waals surface area contributed by atoms with Crippen LogP contribution in [0.25, 0.3) is 0 Å². The van der Waals surface area contributed by atoms with Crippen molar-refractivity contribution in [3.05, 3.63) is 35.9 Å². The second-order valence-electron chi connectivity index (χ2n) is 5.69. The first kappa shape index (κ1) is 18.7. The van der Waals surface area contributed by atoms with E-state index < -0.39 is 5.97 Å². The van der Waals surface area contributed by atoms with Crippen molar-refractivity contribution in [2.45, 2.75) is 12.8 Å². The zero-order chi connectivity index (χ0) is 18.1. The summed E-state index contributed by atoms with van der Waals surface area (Å²) in [6, 6.07) is 8.87. The number of hydrogen-bond donors (Lipinski definition) is 3. The largest absolute Gasteiger partial charge is 0.481 e. The van der Waals surface area contributed by atoms with E-state index in [-0.39, 0.29) is 25.6 Å². The van der Waals surface area contributed by atoms with Crippen molar-refractivity contribution >= 4 is 17.8 Å². The lowest BCUT2D eigenvalue weighted by Crippen LogP contribution is -2.49. The van der Waals surface area contributed by atoms with E-state index in [0.29, 0.717) is 37.6 Å². The molecular formula is C17H24N4O4. The van der Waals surface area contributed by atoms with Crippen molar-refractivity contribution < 1.29 is 19.8 Å². The highest BCUT2D eigenvalue weighted by atomic mass is 16.4. The molecule has 0 aromatic heterocycles. The third-order valence-corrected chi connectivity index (χ3v) is 3.79. The number of aliphatic imine (C=N–C) groups is 1. The van der Waals surface area contributed by atoms with Gasteiger partial charge in [0.1, 0.15) is 0 Å². The van der Waals surface area contributed by atoms with E-state index in [4.69, 9.17) is 5.11 Å². The number of carbonyl (C=O) groups is 2. The van der Waals surface area contributed by atoms with E-state index in [1.807, 2.05) is 6.07 Å². The van der Waals surface area contributed by atoms with Gasteiger partial charge in [-0.25, -0.2) is 0 Å². The quantitative estimate of drug-likeness (QED) is 0.551. The summed E-state index contributed by atoms with van der Waals surface area (Å²) in [5, 5.41) is 21.3. The third-order valence-electron chi connectivity index (χ3n) is 3.79. The number of nitrogens with one attached hydrogen (secondary N) is 1. The number of carboxylic acids is 1. The number of aliphatic carboxylic acids is 1. The number of carboxylic acid groups (broad SMARTS) is 1. The van der Waals surface area contributed by atoms with Crippen LogP contribution >= 0.6 is 0 Å². The predicted octanol–water partition coefficient (Wildman–Crippen LogP) is 0.205. The van der Waals surface area contributed by atoms with Crippen molar-refractivity contribution in [3.8, 4) is 0 Å². The molecule has 1 aliphatic heterocycles. The summed E-state index contributed by atoms with van der Waals surface area (Å²) in [6.07, 6.45) is 0.360. The Bertz CT molecular complexity index is 606. The maximum Gasteiger partial charge on any atom is 0.303 e. The number of rotatable bonds is 9. The van der Waals surface area contributed by atoms with Crippen LogP contribution in [0.4, 0.5) is 0 Å². The van der Waals surface area contributed by atoms with Gasteiger partial charge in [0.25, 0.3) is 5.91 Å². The minimum Gasteiger partial charge on any atom is -0.481 e. The first-order chi connectivity index (χ1) is 12.1. The van der Waals surface area contributed by atoms with Crippen LogP contribution in [0.3, 0.4) is 0 Å². The van der Waals surface area contributed by atoms with Crippen LogP contribution in [-0.4, -0.2) is 77.3 Å². The predicted molar refractivity (Wildman–Crippen MR) is 93.3 cm³/mol. The Morgan fingerprint density at radius 2 is 1.96 bits per heavy atom. The van der Waals surface area contributed by atoms with Gasteiger partial charge in [0.05, 0.1) is 19.8 Å². The van der Waals surface area contributed by atoms with Gasteiger partial charge in [0.15, 0.2) is 5.96 Å². The normalized spacial score (nSPS) is 13.1. The summed E-state index contributed by atoms with van der Waals surface area (Å²) < 4.78 is 0. The summed E-state index contributed by atoms with van der Waals surface area (Å²) >= 11 is 0. The fraction of sp³-hybridized carbons (Fsp3) is 0.471. The van der Waals surface area contributed by atoms with Crippen LogP contribution in [-0.2, 0) is 4.79 Å². The van der Waals surface area contributed by atoms with Gasteiger partial charge in [-0.3, -0.25) is 14.6 Å². The standard InChI is InChI=1S/C17H24N4O4/c22-12-11-21(17-18-8-9-19-17)13-20(10-4-7-15(23)24)16(25)14-5-2-1-3-6-14/h1-3,5-6,22H,4,7-13H2,(H,18,19)(H,23,24). The monoisotopic (exact) mass is 348 g/mol. The first-order valence-electron chi connectivity index (χ1n) is 8.32. The Morgan fingerprint density at radius 3 is 2.56 bits per heavy atom. The van der Waals surface area contributed by atoms with E-state index in [2.05, 4.69) is 10.3 Å². The minimum atomic E-state index is -0.888. The van der Waals surface area contributed by atoms with Crippen molar-refractivity contribution in [1.29, 1.82) is 0 Å². The zero-order valence-corrected chi connectivity index (χ0v) is 14.1. The zero-order valence-electron chi connectivity index (χ0n) is 14.1. The molecule has 0 aliphatic carbocycles. The van der Waals surface area contributed by atoms with Gasteiger partial charge in [-0.05, 0) is 18.6 Å². The van der Waals surface area contributed by atoms with Crippen LogP contribution in [0, 0.1) is 0 Å². The molecule has 0 saturated heterocycles. The molecule has 25 heavy (non-hydrogen) atoms. The maximum absolute atomic E-state index is 12.8. The van der Waals surface area contributed by atoms with Crippen LogP contribution in [0.2, 0.25) is 0 Å². The number of aliphatic hydroxyl groups excluding tert-OH is 1. The number of carbonyl (C=O) groups excluding carboxylic acids is 1. The van der Waals surface area contributed by atoms with E-state index in [1.165, 1.54) is 0 Å². The molecule has 3 N–H and O–H groups in total. The van der Waals surface area contributed by atoms with Crippen molar-refractivity contribution in [3.63, 3.8) is 0 Å². The molecule has 0 saturated carbocycles. The molecule has 1 aromatic carbocycles. The van der Waals surface area contributed by atoms with Gasteiger partial charge in [-0.1, -0.05) is 18.2 Å². The molecule has 136 valence electrons. The van der Waals surface area contributed by atoms with Gasteiger partial charge in [-0.15, -0.1) is 0 Å². The molecule has 1 amide bonds. The van der Waals surface area contributed by atoms with Crippen LogP contribution < -0.4 is 5.32 Å². The fourth-order valence-corrected chi connectivity index (χ4v) is 2.59. The minimum absolute atomic E-state index is 0.00222. The topological polar surface area (TPSA) is 105 Å². The second-order valence-corrected chi connectivity index (χ2v) is 5.69. The molecule has 1 aromatic rings. The van der Waals surface area contributed by atoms with Gasteiger partial charge >= 0.3 is 5.97 Å². The summed E-state index contributed by atoms with van der Waals surface area (Å²) in [6.45, 7) is 2.20. The number of amides is 1. The van der Waals surface area contributed by atoms with Gasteiger partial charge in [0.2, 0.25) is 0 Å². The number of guanidine groups is 1. The highest BCUT2D eigenvalue weighted by molar-refractivity contribution is 5.94. The molecule has 0 unspecified atom stereocenters. The molecule has 2 rings (SSSR count). The molecule has 1 aliphatic rings. The number of hydrogen-bond acceptors (Lipinski definition) is 6. The molecule has 0 fully saturated rings. The Labute approximate surface area is 146 Å². The lowest BCUT2D eigenvalue weighted by Gasteiger charge is -2.31. The maximum atomic E-state index is 12.8. The summed E-state index contributed by atoms with van der Waals surface area (Å²) in [5.41, 5.74) is 0.545. The molecule has 0 spiro atoms. The molecule has 8 heteroatoms. The van der Waals surface area contributed by atoms with Gasteiger partial charge < -0.3 is 25.3 Å². The average Bonchev–Trinajstić information content (AvgIpc) is 3.14. The van der Waals surface area contributed by atoms with E-state index in [9.17, 15) is 14.7 Å².